The van der Waals surface area contributed by atoms with E-state index in [4.69, 9.17) is 17.3 Å². The van der Waals surface area contributed by atoms with Crippen LogP contribution in [0.4, 0.5) is 17.2 Å². The van der Waals surface area contributed by atoms with Crippen LogP contribution in [0.15, 0.2) is 24.4 Å². The Morgan fingerprint density at radius 3 is 2.94 bits per heavy atom. The van der Waals surface area contributed by atoms with Gasteiger partial charge in [-0.15, -0.1) is 0 Å². The lowest BCUT2D eigenvalue weighted by Gasteiger charge is -2.06. The van der Waals surface area contributed by atoms with Crippen molar-refractivity contribution in [2.45, 2.75) is 6.54 Å². The van der Waals surface area contributed by atoms with Gasteiger partial charge >= 0.3 is 0 Å². The third-order valence-electron chi connectivity index (χ3n) is 2.38. The first-order valence-electron chi connectivity index (χ1n) is 5.03. The van der Waals surface area contributed by atoms with Gasteiger partial charge in [-0.25, -0.2) is 0 Å². The minimum atomic E-state index is -0.493. The van der Waals surface area contributed by atoms with Crippen LogP contribution in [-0.2, 0) is 6.54 Å². The molecule has 0 spiro atoms. The molecule has 2 aromatic rings. The number of nitrogens with one attached hydrogen (secondary N) is 2. The fraction of sp³-hybridized carbons (Fsp3) is 0.100. The van der Waals surface area contributed by atoms with Crippen molar-refractivity contribution in [1.29, 1.82) is 0 Å². The monoisotopic (exact) mass is 267 g/mol. The van der Waals surface area contributed by atoms with Crippen molar-refractivity contribution in [2.24, 2.45) is 0 Å². The van der Waals surface area contributed by atoms with Gasteiger partial charge in [-0.3, -0.25) is 15.2 Å². The fourth-order valence-corrected chi connectivity index (χ4v) is 1.62. The molecule has 0 bridgehead atoms. The minimum absolute atomic E-state index is 0.0791. The minimum Gasteiger partial charge on any atom is -0.384 e. The normalized spacial score (nSPS) is 10.3. The highest BCUT2D eigenvalue weighted by Gasteiger charge is 2.14. The Labute approximate surface area is 107 Å². The number of nitro groups is 1. The molecule has 0 saturated carbocycles. The van der Waals surface area contributed by atoms with Crippen LogP contribution in [0.2, 0.25) is 5.02 Å². The van der Waals surface area contributed by atoms with Crippen LogP contribution in [-0.4, -0.2) is 15.1 Å². The van der Waals surface area contributed by atoms with Gasteiger partial charge in [0.05, 0.1) is 11.1 Å². The van der Waals surface area contributed by atoms with E-state index in [9.17, 15) is 10.1 Å². The van der Waals surface area contributed by atoms with Gasteiger partial charge in [-0.2, -0.15) is 5.10 Å². The summed E-state index contributed by atoms with van der Waals surface area (Å²) in [5, 5.41) is 20.5. The van der Waals surface area contributed by atoms with Gasteiger partial charge in [0.1, 0.15) is 11.5 Å². The maximum Gasteiger partial charge on any atom is 0.293 e. The zero-order valence-corrected chi connectivity index (χ0v) is 9.94. The van der Waals surface area contributed by atoms with Crippen molar-refractivity contribution >= 4 is 28.8 Å². The van der Waals surface area contributed by atoms with Crippen LogP contribution in [0.5, 0.6) is 0 Å². The first-order valence-corrected chi connectivity index (χ1v) is 5.41. The van der Waals surface area contributed by atoms with E-state index in [0.29, 0.717) is 23.1 Å². The standard InChI is InChI=1S/C10H10ClN5O2/c11-7-1-2-8(9(3-7)16(17)18)13-4-6-5-14-15-10(6)12/h1-3,5,13H,4H2,(H3,12,14,15). The molecular formula is C10H10ClN5O2. The number of H-pyrrole nitrogens is 1. The fourth-order valence-electron chi connectivity index (χ4n) is 1.46. The first kappa shape index (κ1) is 12.2. The van der Waals surface area contributed by atoms with Crippen molar-refractivity contribution in [3.63, 3.8) is 0 Å². The van der Waals surface area contributed by atoms with Crippen LogP contribution in [0, 0.1) is 10.1 Å². The van der Waals surface area contributed by atoms with Gasteiger partial charge in [-0.05, 0) is 12.1 Å². The lowest BCUT2D eigenvalue weighted by atomic mass is 10.2. The number of benzene rings is 1. The zero-order valence-electron chi connectivity index (χ0n) is 9.18. The Morgan fingerprint density at radius 1 is 1.56 bits per heavy atom. The highest BCUT2D eigenvalue weighted by atomic mass is 35.5. The van der Waals surface area contributed by atoms with Crippen LogP contribution in [0.1, 0.15) is 5.56 Å². The maximum atomic E-state index is 10.9. The van der Waals surface area contributed by atoms with Crippen molar-refractivity contribution in [1.82, 2.24) is 10.2 Å². The second-order valence-corrected chi connectivity index (χ2v) is 4.02. The molecule has 2 rings (SSSR count). The van der Waals surface area contributed by atoms with Crippen molar-refractivity contribution < 1.29 is 4.92 Å². The lowest BCUT2D eigenvalue weighted by molar-refractivity contribution is -0.383. The highest BCUT2D eigenvalue weighted by molar-refractivity contribution is 6.30. The van der Waals surface area contributed by atoms with Gasteiger partial charge in [0.2, 0.25) is 0 Å². The third kappa shape index (κ3) is 2.51. The second kappa shape index (κ2) is 4.92. The molecule has 1 heterocycles. The molecule has 1 aromatic carbocycles. The largest absolute Gasteiger partial charge is 0.384 e. The Hall–Kier alpha value is -2.28. The summed E-state index contributed by atoms with van der Waals surface area (Å²) in [5.74, 6) is 0.430. The molecule has 94 valence electrons. The number of nitro benzene ring substituents is 1. The number of hydrogen-bond acceptors (Lipinski definition) is 5. The number of aromatic nitrogens is 2. The third-order valence-corrected chi connectivity index (χ3v) is 2.61. The molecule has 0 aliphatic carbocycles. The number of nitrogens with zero attached hydrogens (tertiary/aromatic N) is 2. The predicted octanol–water partition coefficient (Wildman–Crippen LogP) is 2.17. The number of anilines is 2. The van der Waals surface area contributed by atoms with E-state index < -0.39 is 4.92 Å². The van der Waals surface area contributed by atoms with E-state index in [1.165, 1.54) is 6.07 Å². The van der Waals surface area contributed by atoms with E-state index in [2.05, 4.69) is 15.5 Å². The van der Waals surface area contributed by atoms with E-state index >= 15 is 0 Å². The average Bonchev–Trinajstić information content (AvgIpc) is 2.73. The molecule has 0 amide bonds. The lowest BCUT2D eigenvalue weighted by Crippen LogP contribution is -2.03. The van der Waals surface area contributed by atoms with E-state index in [1.54, 1.807) is 18.3 Å². The van der Waals surface area contributed by atoms with Crippen LogP contribution in [0.25, 0.3) is 0 Å². The summed E-state index contributed by atoms with van der Waals surface area (Å²) in [6.07, 6.45) is 1.56. The van der Waals surface area contributed by atoms with Crippen molar-refractivity contribution in [3.8, 4) is 0 Å². The topological polar surface area (TPSA) is 110 Å². The van der Waals surface area contributed by atoms with E-state index in [1.807, 2.05) is 0 Å². The van der Waals surface area contributed by atoms with Crippen LogP contribution < -0.4 is 11.1 Å². The Bertz CT molecular complexity index is 583. The summed E-state index contributed by atoms with van der Waals surface area (Å²) in [7, 11) is 0. The molecule has 0 aliphatic heterocycles. The van der Waals surface area contributed by atoms with Gasteiger partial charge < -0.3 is 11.1 Å². The second-order valence-electron chi connectivity index (χ2n) is 3.58. The molecule has 0 saturated heterocycles. The summed E-state index contributed by atoms with van der Waals surface area (Å²) in [6, 6.07) is 4.43. The molecule has 0 fully saturated rings. The van der Waals surface area contributed by atoms with Crippen LogP contribution >= 0.6 is 11.6 Å². The molecular weight excluding hydrogens is 258 g/mol. The number of rotatable bonds is 4. The average molecular weight is 268 g/mol. The van der Waals surface area contributed by atoms with E-state index in [0.717, 1.165) is 5.56 Å². The summed E-state index contributed by atoms with van der Waals surface area (Å²) >= 11 is 5.72. The summed E-state index contributed by atoms with van der Waals surface area (Å²) in [4.78, 5) is 10.4. The summed E-state index contributed by atoms with van der Waals surface area (Å²) < 4.78 is 0. The van der Waals surface area contributed by atoms with Crippen LogP contribution in [0.3, 0.4) is 0 Å². The molecule has 8 heteroatoms. The van der Waals surface area contributed by atoms with Gasteiger partial charge in [0, 0.05) is 23.2 Å². The number of aromatic amines is 1. The number of nitrogen functional groups attached to an aromatic ring is 1. The molecule has 0 atom stereocenters. The predicted molar refractivity (Wildman–Crippen MR) is 68.4 cm³/mol. The van der Waals surface area contributed by atoms with Gasteiger partial charge in [0.15, 0.2) is 0 Å². The molecule has 0 radical (unpaired) electrons. The SMILES string of the molecule is Nc1[nH]ncc1CNc1ccc(Cl)cc1[N+](=O)[O-]. The number of nitrogens with two attached hydrogens (primary N) is 1. The molecule has 0 aliphatic rings. The van der Waals surface area contributed by atoms with Crippen molar-refractivity contribution in [2.75, 3.05) is 11.1 Å². The molecule has 0 unspecified atom stereocenters. The van der Waals surface area contributed by atoms with Crippen molar-refractivity contribution in [3.05, 3.63) is 45.1 Å². The molecule has 7 nitrogen and oxygen atoms in total. The number of halogens is 1. The zero-order chi connectivity index (χ0) is 13.1. The Morgan fingerprint density at radius 2 is 2.33 bits per heavy atom. The summed E-state index contributed by atoms with van der Waals surface area (Å²) in [6.45, 7) is 0.338. The molecule has 18 heavy (non-hydrogen) atoms. The summed E-state index contributed by atoms with van der Waals surface area (Å²) in [5.41, 5.74) is 6.65. The first-order chi connectivity index (χ1) is 8.58. The maximum absolute atomic E-state index is 10.9. The Balaban J connectivity index is 2.19. The van der Waals surface area contributed by atoms with Gasteiger partial charge in [0.25, 0.3) is 5.69 Å². The smallest absolute Gasteiger partial charge is 0.293 e. The van der Waals surface area contributed by atoms with Gasteiger partial charge in [-0.1, -0.05) is 11.6 Å². The number of hydrogen-bond donors (Lipinski definition) is 3. The molecule has 1 aromatic heterocycles. The Kier molecular flexibility index (Phi) is 3.33. The quantitative estimate of drug-likeness (QED) is 0.581. The highest BCUT2D eigenvalue weighted by Crippen LogP contribution is 2.28. The van der Waals surface area contributed by atoms with E-state index in [-0.39, 0.29) is 5.69 Å². The molecule has 4 N–H and O–H groups in total.